The van der Waals surface area contributed by atoms with E-state index in [1.807, 2.05) is 48.5 Å². The number of hydrogen-bond donors (Lipinski definition) is 1. The van der Waals surface area contributed by atoms with Crippen LogP contribution >= 0.6 is 0 Å². The Hall–Kier alpha value is -3.22. The molecule has 3 aromatic rings. The van der Waals surface area contributed by atoms with Crippen molar-refractivity contribution in [1.29, 1.82) is 0 Å². The van der Waals surface area contributed by atoms with Crippen LogP contribution in [0.2, 0.25) is 0 Å². The van der Waals surface area contributed by atoms with Crippen LogP contribution < -0.4 is 10.1 Å². The van der Waals surface area contributed by atoms with Gasteiger partial charge in [0.05, 0.1) is 43.7 Å². The fraction of sp³-hybridized carbons (Fsp3) is 0.308. The number of fused-ring (bicyclic) bond motifs is 2. The minimum atomic E-state index is -0.0825. The third-order valence-corrected chi connectivity index (χ3v) is 5.59. The predicted octanol–water partition coefficient (Wildman–Crippen LogP) is 4.12. The van der Waals surface area contributed by atoms with Crippen molar-refractivity contribution >= 4 is 28.5 Å². The van der Waals surface area contributed by atoms with E-state index < -0.39 is 0 Å². The van der Waals surface area contributed by atoms with Crippen LogP contribution in [0.3, 0.4) is 0 Å². The van der Waals surface area contributed by atoms with Crippen LogP contribution in [0.25, 0.3) is 22.6 Å². The van der Waals surface area contributed by atoms with Crippen molar-refractivity contribution < 1.29 is 19.0 Å². The van der Waals surface area contributed by atoms with Crippen LogP contribution in [-0.4, -0.2) is 51.5 Å². The van der Waals surface area contributed by atoms with Gasteiger partial charge < -0.3 is 19.5 Å². The molecule has 4 rings (SSSR count). The van der Waals surface area contributed by atoms with Crippen molar-refractivity contribution in [1.82, 2.24) is 10.3 Å². The first-order valence-corrected chi connectivity index (χ1v) is 10.8. The number of para-hydroxylation sites is 1. The van der Waals surface area contributed by atoms with Gasteiger partial charge in [-0.15, -0.1) is 0 Å². The molecule has 0 atom stereocenters. The molecule has 166 valence electrons. The number of nitrogens with zero attached hydrogens (tertiary/aromatic N) is 1. The summed E-state index contributed by atoms with van der Waals surface area (Å²) in [6.07, 6.45) is 3.80. The van der Waals surface area contributed by atoms with E-state index in [1.54, 1.807) is 14.2 Å². The van der Waals surface area contributed by atoms with Crippen molar-refractivity contribution in [2.24, 2.45) is 0 Å². The lowest BCUT2D eigenvalue weighted by Crippen LogP contribution is -2.29. The first-order valence-electron chi connectivity index (χ1n) is 10.8. The predicted molar refractivity (Wildman–Crippen MR) is 126 cm³/mol. The zero-order chi connectivity index (χ0) is 22.3. The van der Waals surface area contributed by atoms with Gasteiger partial charge in [-0.3, -0.25) is 4.79 Å². The number of aromatic nitrogens is 1. The largest absolute Gasteiger partial charge is 0.497 e. The van der Waals surface area contributed by atoms with Gasteiger partial charge in [-0.1, -0.05) is 30.3 Å². The lowest BCUT2D eigenvalue weighted by Gasteiger charge is -2.13. The summed E-state index contributed by atoms with van der Waals surface area (Å²) < 4.78 is 15.7. The van der Waals surface area contributed by atoms with Crippen LogP contribution in [0, 0.1) is 0 Å². The van der Waals surface area contributed by atoms with Crippen molar-refractivity contribution in [3.8, 4) is 5.75 Å². The van der Waals surface area contributed by atoms with Gasteiger partial charge in [-0.05, 0) is 53.8 Å². The van der Waals surface area contributed by atoms with E-state index in [2.05, 4.69) is 11.4 Å². The number of rotatable bonds is 9. The van der Waals surface area contributed by atoms with Gasteiger partial charge in [-0.2, -0.15) is 0 Å². The number of methoxy groups -OCH3 is 2. The third kappa shape index (κ3) is 4.82. The molecule has 0 fully saturated rings. The number of ether oxygens (including phenoxy) is 3. The van der Waals surface area contributed by atoms with Gasteiger partial charge in [0, 0.05) is 19.0 Å². The summed E-state index contributed by atoms with van der Waals surface area (Å²) in [7, 11) is 3.30. The normalized spacial score (nSPS) is 14.0. The molecule has 6 nitrogen and oxygen atoms in total. The second-order valence-electron chi connectivity index (χ2n) is 7.63. The number of carbonyl (C=O) groups excluding carboxylic acids is 1. The molecule has 6 heteroatoms. The zero-order valence-electron chi connectivity index (χ0n) is 18.5. The number of hydrogen-bond acceptors (Lipinski definition) is 5. The topological polar surface area (TPSA) is 69.7 Å². The summed E-state index contributed by atoms with van der Waals surface area (Å²) in [6, 6.07) is 15.8. The summed E-state index contributed by atoms with van der Waals surface area (Å²) in [6.45, 7) is 1.95. The lowest BCUT2D eigenvalue weighted by molar-refractivity contribution is 0.0693. The van der Waals surface area contributed by atoms with Crippen LogP contribution in [0.4, 0.5) is 0 Å². The van der Waals surface area contributed by atoms with Gasteiger partial charge in [-0.25, -0.2) is 4.98 Å². The van der Waals surface area contributed by atoms with Crippen LogP contribution in [0.15, 0.2) is 48.5 Å². The number of pyridine rings is 1. The number of amides is 1. The number of nitrogens with one attached hydrogen (secondary N) is 1. The van der Waals surface area contributed by atoms with E-state index in [0.717, 1.165) is 57.5 Å². The molecule has 0 saturated carbocycles. The molecule has 2 aromatic carbocycles. The fourth-order valence-corrected chi connectivity index (χ4v) is 4.01. The third-order valence-electron chi connectivity index (χ3n) is 5.59. The van der Waals surface area contributed by atoms with Gasteiger partial charge in [0.15, 0.2) is 0 Å². The molecule has 0 saturated heterocycles. The maximum absolute atomic E-state index is 13.2. The van der Waals surface area contributed by atoms with Crippen molar-refractivity contribution in [3.63, 3.8) is 0 Å². The Balaban J connectivity index is 1.62. The highest BCUT2D eigenvalue weighted by molar-refractivity contribution is 6.09. The molecule has 32 heavy (non-hydrogen) atoms. The molecule has 0 radical (unpaired) electrons. The van der Waals surface area contributed by atoms with Crippen molar-refractivity contribution in [3.05, 3.63) is 70.9 Å². The molecular formula is C26H28N2O4. The van der Waals surface area contributed by atoms with E-state index in [1.165, 1.54) is 0 Å². The number of carbonyl (C=O) groups is 1. The summed E-state index contributed by atoms with van der Waals surface area (Å²) in [5.74, 6) is 0.745. The molecule has 0 bridgehead atoms. The van der Waals surface area contributed by atoms with Crippen LogP contribution in [0.1, 0.15) is 33.6 Å². The van der Waals surface area contributed by atoms with Gasteiger partial charge in [0.1, 0.15) is 5.75 Å². The Morgan fingerprint density at radius 3 is 2.62 bits per heavy atom. The summed E-state index contributed by atoms with van der Waals surface area (Å²) >= 11 is 0. The maximum Gasteiger partial charge on any atom is 0.252 e. The smallest absolute Gasteiger partial charge is 0.252 e. The van der Waals surface area contributed by atoms with E-state index in [9.17, 15) is 4.79 Å². The highest BCUT2D eigenvalue weighted by Crippen LogP contribution is 2.37. The van der Waals surface area contributed by atoms with E-state index >= 15 is 0 Å². The molecular weight excluding hydrogens is 404 g/mol. The minimum Gasteiger partial charge on any atom is -0.497 e. The quantitative estimate of drug-likeness (QED) is 0.515. The van der Waals surface area contributed by atoms with Crippen LogP contribution in [0.5, 0.6) is 5.75 Å². The molecule has 0 spiro atoms. The van der Waals surface area contributed by atoms with Gasteiger partial charge >= 0.3 is 0 Å². The van der Waals surface area contributed by atoms with E-state index in [4.69, 9.17) is 19.2 Å². The second-order valence-corrected chi connectivity index (χ2v) is 7.63. The van der Waals surface area contributed by atoms with E-state index in [0.29, 0.717) is 26.4 Å². The molecule has 1 heterocycles. The van der Waals surface area contributed by atoms with Crippen LogP contribution in [-0.2, 0) is 15.9 Å². The second kappa shape index (κ2) is 10.4. The lowest BCUT2D eigenvalue weighted by atomic mass is 10.00. The van der Waals surface area contributed by atoms with Gasteiger partial charge in [0.2, 0.25) is 0 Å². The molecule has 1 N–H and O–H groups in total. The molecule has 1 aliphatic rings. The maximum atomic E-state index is 13.2. The first-order chi connectivity index (χ1) is 15.7. The number of benzene rings is 2. The fourth-order valence-electron chi connectivity index (χ4n) is 4.01. The van der Waals surface area contributed by atoms with Crippen molar-refractivity contribution in [2.45, 2.75) is 12.8 Å². The summed E-state index contributed by atoms with van der Waals surface area (Å²) in [4.78, 5) is 18.1. The Labute approximate surface area is 188 Å². The van der Waals surface area contributed by atoms with Gasteiger partial charge in [0.25, 0.3) is 5.91 Å². The monoisotopic (exact) mass is 432 g/mol. The minimum absolute atomic E-state index is 0.0825. The Morgan fingerprint density at radius 2 is 1.84 bits per heavy atom. The average molecular weight is 433 g/mol. The molecule has 0 unspecified atom stereocenters. The molecule has 1 amide bonds. The Morgan fingerprint density at radius 1 is 1.03 bits per heavy atom. The highest BCUT2D eigenvalue weighted by atomic mass is 16.5. The Bertz CT molecular complexity index is 1120. The standard InChI is InChI=1S/C26H28N2O4/c1-30-15-16-32-14-13-27-26(29)24-21-5-3-4-6-23(21)28-25-19(9-12-22(24)25)17-18-7-10-20(31-2)11-8-18/h3-8,10-11,17H,9,12-16H2,1-2H3,(H,27,29)/b19-17-. The summed E-state index contributed by atoms with van der Waals surface area (Å²) in [5, 5.41) is 3.89. The molecule has 1 aromatic heterocycles. The molecule has 0 aliphatic heterocycles. The first kappa shape index (κ1) is 22.0. The number of allylic oxidation sites excluding steroid dienone is 1. The SMILES string of the molecule is COCCOCCNC(=O)c1c2c(nc3ccccc13)/C(=C\c1ccc(OC)cc1)CC2. The Kier molecular flexibility index (Phi) is 7.14. The van der Waals surface area contributed by atoms with E-state index in [-0.39, 0.29) is 5.91 Å². The van der Waals surface area contributed by atoms with Crippen molar-refractivity contribution in [2.75, 3.05) is 40.6 Å². The average Bonchev–Trinajstić information content (AvgIpc) is 3.22. The summed E-state index contributed by atoms with van der Waals surface area (Å²) in [5.41, 5.74) is 5.72. The highest BCUT2D eigenvalue weighted by Gasteiger charge is 2.26. The molecule has 1 aliphatic carbocycles. The zero-order valence-corrected chi connectivity index (χ0v) is 18.5.